The first-order valence-corrected chi connectivity index (χ1v) is 6.26. The lowest BCUT2D eigenvalue weighted by Gasteiger charge is -2.17. The standard InChI is InChI=1S/C13H18N2O2S/c1-3-4-11(12(14)18)15-13(17)10-6-5-9(16)7-8(10)2/h5-7,11,16H,3-4H2,1-2H3,(H2,14,18)(H,15,17). The van der Waals surface area contributed by atoms with Gasteiger partial charge in [-0.05, 0) is 37.1 Å². The number of aromatic hydroxyl groups is 1. The first kappa shape index (κ1) is 14.4. The van der Waals surface area contributed by atoms with E-state index in [1.807, 2.05) is 6.92 Å². The first-order chi connectivity index (χ1) is 8.45. The predicted octanol–water partition coefficient (Wildman–Crippen LogP) is 1.89. The maximum absolute atomic E-state index is 12.1. The first-order valence-electron chi connectivity index (χ1n) is 5.85. The zero-order valence-electron chi connectivity index (χ0n) is 10.6. The summed E-state index contributed by atoms with van der Waals surface area (Å²) in [5, 5.41) is 12.1. The fraction of sp³-hybridized carbons (Fsp3) is 0.385. The van der Waals surface area contributed by atoms with E-state index in [1.165, 1.54) is 6.07 Å². The summed E-state index contributed by atoms with van der Waals surface area (Å²) in [5.41, 5.74) is 6.82. The Morgan fingerprint density at radius 3 is 2.72 bits per heavy atom. The minimum Gasteiger partial charge on any atom is -0.508 e. The molecular formula is C13H18N2O2S. The number of rotatable bonds is 5. The van der Waals surface area contributed by atoms with Crippen molar-refractivity contribution >= 4 is 23.1 Å². The molecule has 4 N–H and O–H groups in total. The van der Waals surface area contributed by atoms with Crippen LogP contribution in [-0.4, -0.2) is 22.0 Å². The second kappa shape index (κ2) is 6.35. The fourth-order valence-corrected chi connectivity index (χ4v) is 1.89. The molecular weight excluding hydrogens is 248 g/mol. The monoisotopic (exact) mass is 266 g/mol. The van der Waals surface area contributed by atoms with E-state index >= 15 is 0 Å². The van der Waals surface area contributed by atoms with Gasteiger partial charge in [-0.2, -0.15) is 0 Å². The van der Waals surface area contributed by atoms with Crippen LogP contribution in [0.5, 0.6) is 5.75 Å². The number of phenols is 1. The van der Waals surface area contributed by atoms with Crippen LogP contribution in [0.25, 0.3) is 0 Å². The second-order valence-electron chi connectivity index (χ2n) is 4.22. The van der Waals surface area contributed by atoms with Gasteiger partial charge in [-0.1, -0.05) is 25.6 Å². The Bertz CT molecular complexity index is 460. The van der Waals surface area contributed by atoms with Gasteiger partial charge in [0.2, 0.25) is 0 Å². The van der Waals surface area contributed by atoms with E-state index in [0.29, 0.717) is 16.1 Å². The summed E-state index contributed by atoms with van der Waals surface area (Å²) >= 11 is 4.93. The Kier molecular flexibility index (Phi) is 5.09. The summed E-state index contributed by atoms with van der Waals surface area (Å²) in [6.07, 6.45) is 1.61. The van der Waals surface area contributed by atoms with Crippen molar-refractivity contribution in [3.05, 3.63) is 29.3 Å². The number of hydrogen-bond donors (Lipinski definition) is 3. The van der Waals surface area contributed by atoms with E-state index in [4.69, 9.17) is 18.0 Å². The lowest BCUT2D eigenvalue weighted by atomic mass is 10.1. The van der Waals surface area contributed by atoms with Gasteiger partial charge in [-0.3, -0.25) is 4.79 Å². The highest BCUT2D eigenvalue weighted by atomic mass is 32.1. The number of carbonyl (C=O) groups excluding carboxylic acids is 1. The van der Waals surface area contributed by atoms with Crippen molar-refractivity contribution in [1.29, 1.82) is 0 Å². The Balaban J connectivity index is 2.83. The highest BCUT2D eigenvalue weighted by Gasteiger charge is 2.16. The number of phenolic OH excluding ortho intramolecular Hbond substituents is 1. The Morgan fingerprint density at radius 1 is 1.56 bits per heavy atom. The SMILES string of the molecule is CCCC(NC(=O)c1ccc(O)cc1C)C(N)=S. The van der Waals surface area contributed by atoms with Crippen molar-refractivity contribution in [3.63, 3.8) is 0 Å². The zero-order chi connectivity index (χ0) is 13.7. The highest BCUT2D eigenvalue weighted by Crippen LogP contribution is 2.15. The molecule has 0 fully saturated rings. The molecule has 5 heteroatoms. The molecule has 0 aliphatic rings. The van der Waals surface area contributed by atoms with Crippen LogP contribution in [-0.2, 0) is 0 Å². The molecule has 98 valence electrons. The molecule has 1 unspecified atom stereocenters. The predicted molar refractivity (Wildman–Crippen MR) is 75.8 cm³/mol. The van der Waals surface area contributed by atoms with E-state index in [9.17, 15) is 9.90 Å². The van der Waals surface area contributed by atoms with Gasteiger partial charge < -0.3 is 16.2 Å². The van der Waals surface area contributed by atoms with Crippen molar-refractivity contribution in [2.45, 2.75) is 32.7 Å². The van der Waals surface area contributed by atoms with Crippen LogP contribution in [0.15, 0.2) is 18.2 Å². The molecule has 1 atom stereocenters. The van der Waals surface area contributed by atoms with Crippen LogP contribution < -0.4 is 11.1 Å². The summed E-state index contributed by atoms with van der Waals surface area (Å²) in [6, 6.07) is 4.33. The van der Waals surface area contributed by atoms with Gasteiger partial charge in [0.15, 0.2) is 0 Å². The number of nitrogens with one attached hydrogen (secondary N) is 1. The van der Waals surface area contributed by atoms with Crippen molar-refractivity contribution in [2.75, 3.05) is 0 Å². The number of hydrogen-bond acceptors (Lipinski definition) is 3. The number of amides is 1. The van der Waals surface area contributed by atoms with Crippen LogP contribution in [0.3, 0.4) is 0 Å². The van der Waals surface area contributed by atoms with Crippen molar-refractivity contribution in [2.24, 2.45) is 5.73 Å². The van der Waals surface area contributed by atoms with E-state index < -0.39 is 0 Å². The van der Waals surface area contributed by atoms with Crippen LogP contribution in [0.4, 0.5) is 0 Å². The summed E-state index contributed by atoms with van der Waals surface area (Å²) in [6.45, 7) is 3.77. The molecule has 4 nitrogen and oxygen atoms in total. The van der Waals surface area contributed by atoms with Gasteiger partial charge in [-0.25, -0.2) is 0 Å². The molecule has 18 heavy (non-hydrogen) atoms. The summed E-state index contributed by atoms with van der Waals surface area (Å²) in [4.78, 5) is 12.4. The molecule has 1 rings (SSSR count). The van der Waals surface area contributed by atoms with Crippen molar-refractivity contribution in [3.8, 4) is 5.75 Å². The van der Waals surface area contributed by atoms with Gasteiger partial charge >= 0.3 is 0 Å². The molecule has 0 bridgehead atoms. The third-order valence-electron chi connectivity index (χ3n) is 2.68. The Morgan fingerprint density at radius 2 is 2.22 bits per heavy atom. The minimum absolute atomic E-state index is 0.142. The Hall–Kier alpha value is -1.62. The third kappa shape index (κ3) is 3.70. The van der Waals surface area contributed by atoms with Gasteiger partial charge in [-0.15, -0.1) is 0 Å². The van der Waals surface area contributed by atoms with Crippen LogP contribution in [0, 0.1) is 6.92 Å². The van der Waals surface area contributed by atoms with E-state index in [-0.39, 0.29) is 17.7 Å². The molecule has 0 spiro atoms. The molecule has 0 aliphatic heterocycles. The largest absolute Gasteiger partial charge is 0.508 e. The van der Waals surface area contributed by atoms with Crippen LogP contribution in [0.2, 0.25) is 0 Å². The molecule has 0 aromatic heterocycles. The molecule has 1 aromatic rings. The summed E-state index contributed by atoms with van der Waals surface area (Å²) in [7, 11) is 0. The number of aryl methyl sites for hydroxylation is 1. The molecule has 0 heterocycles. The quantitative estimate of drug-likeness (QED) is 0.711. The topological polar surface area (TPSA) is 75.3 Å². The van der Waals surface area contributed by atoms with Crippen molar-refractivity contribution in [1.82, 2.24) is 5.32 Å². The summed E-state index contributed by atoms with van der Waals surface area (Å²) < 4.78 is 0. The molecule has 1 aromatic carbocycles. The number of benzene rings is 1. The zero-order valence-corrected chi connectivity index (χ0v) is 11.4. The number of carbonyl (C=O) groups is 1. The van der Waals surface area contributed by atoms with E-state index in [0.717, 1.165) is 12.8 Å². The van der Waals surface area contributed by atoms with Gasteiger partial charge in [0.1, 0.15) is 5.75 Å². The van der Waals surface area contributed by atoms with E-state index in [1.54, 1.807) is 19.1 Å². The lowest BCUT2D eigenvalue weighted by Crippen LogP contribution is -2.43. The number of nitrogens with two attached hydrogens (primary N) is 1. The average Bonchev–Trinajstić information content (AvgIpc) is 2.27. The maximum atomic E-state index is 12.1. The van der Waals surface area contributed by atoms with Gasteiger partial charge in [0.25, 0.3) is 5.91 Å². The molecule has 0 radical (unpaired) electrons. The minimum atomic E-state index is -0.286. The second-order valence-corrected chi connectivity index (χ2v) is 4.69. The van der Waals surface area contributed by atoms with E-state index in [2.05, 4.69) is 5.32 Å². The maximum Gasteiger partial charge on any atom is 0.252 e. The average molecular weight is 266 g/mol. The number of thiocarbonyl (C=S) groups is 1. The van der Waals surface area contributed by atoms with Gasteiger partial charge in [0, 0.05) is 5.56 Å². The van der Waals surface area contributed by atoms with Crippen LogP contribution in [0.1, 0.15) is 35.7 Å². The van der Waals surface area contributed by atoms with Crippen molar-refractivity contribution < 1.29 is 9.90 Å². The molecule has 1 amide bonds. The molecule has 0 aliphatic carbocycles. The summed E-state index contributed by atoms with van der Waals surface area (Å²) in [5.74, 6) is -0.0812. The highest BCUT2D eigenvalue weighted by molar-refractivity contribution is 7.80. The molecule has 0 saturated carbocycles. The molecule has 0 saturated heterocycles. The third-order valence-corrected chi connectivity index (χ3v) is 2.97. The van der Waals surface area contributed by atoms with Crippen LogP contribution >= 0.6 is 12.2 Å². The lowest BCUT2D eigenvalue weighted by molar-refractivity contribution is 0.0945. The fourth-order valence-electron chi connectivity index (χ4n) is 1.71. The van der Waals surface area contributed by atoms with Gasteiger partial charge in [0.05, 0.1) is 11.0 Å². The normalized spacial score (nSPS) is 11.9. The smallest absolute Gasteiger partial charge is 0.252 e. The Labute approximate surface area is 112 Å².